The number of nitrogens with zero attached hydrogens (tertiary/aromatic N) is 3. The summed E-state index contributed by atoms with van der Waals surface area (Å²) in [6, 6.07) is 10.9. The predicted octanol–water partition coefficient (Wildman–Crippen LogP) is 4.70. The molecule has 0 spiro atoms. The van der Waals surface area contributed by atoms with Crippen LogP contribution in [0.4, 0.5) is 0 Å². The number of imidazole rings is 1. The molecule has 0 saturated carbocycles. The second-order valence-electron chi connectivity index (χ2n) is 6.08. The van der Waals surface area contributed by atoms with E-state index in [9.17, 15) is 0 Å². The number of aromatic amines is 1. The number of H-pyrrole nitrogens is 1. The van der Waals surface area contributed by atoms with E-state index in [-0.39, 0.29) is 6.04 Å². The van der Waals surface area contributed by atoms with Crippen LogP contribution in [0, 0.1) is 0 Å². The Morgan fingerprint density at radius 3 is 3.04 bits per heavy atom. The van der Waals surface area contributed by atoms with Crippen molar-refractivity contribution >= 4 is 38.5 Å². The van der Waals surface area contributed by atoms with E-state index in [4.69, 9.17) is 0 Å². The van der Waals surface area contributed by atoms with Crippen LogP contribution in [0.5, 0.6) is 0 Å². The topological polar surface area (TPSA) is 44.8 Å². The van der Waals surface area contributed by atoms with Gasteiger partial charge in [0.1, 0.15) is 11.0 Å². The molecule has 4 nitrogen and oxygen atoms in total. The summed E-state index contributed by atoms with van der Waals surface area (Å²) < 4.78 is 1.31. The zero-order chi connectivity index (χ0) is 16.8. The van der Waals surface area contributed by atoms with Gasteiger partial charge in [0.05, 0.1) is 17.7 Å². The maximum Gasteiger partial charge on any atom is 0.138 e. The van der Waals surface area contributed by atoms with E-state index < -0.39 is 0 Å². The van der Waals surface area contributed by atoms with Gasteiger partial charge in [-0.15, -0.1) is 22.7 Å². The number of rotatable bonds is 3. The van der Waals surface area contributed by atoms with Crippen LogP contribution < -0.4 is 0 Å². The Morgan fingerprint density at radius 2 is 2.20 bits per heavy atom. The van der Waals surface area contributed by atoms with Gasteiger partial charge in [-0.05, 0) is 17.5 Å². The van der Waals surface area contributed by atoms with Gasteiger partial charge in [-0.25, -0.2) is 9.97 Å². The molecule has 4 heterocycles. The van der Waals surface area contributed by atoms with Crippen molar-refractivity contribution < 1.29 is 0 Å². The van der Waals surface area contributed by atoms with Crippen LogP contribution in [-0.2, 0) is 6.42 Å². The Bertz CT molecular complexity index is 1010. The SMILES string of the molecule is C=C(c1nccs1)N1CCc2[nH]cnc2C1c1cc2ccccc2s1. The van der Waals surface area contributed by atoms with E-state index in [1.807, 2.05) is 22.9 Å². The minimum atomic E-state index is 0.0869. The summed E-state index contributed by atoms with van der Waals surface area (Å²) >= 11 is 3.47. The molecule has 1 aliphatic rings. The van der Waals surface area contributed by atoms with Crippen LogP contribution in [0.25, 0.3) is 15.8 Å². The predicted molar refractivity (Wildman–Crippen MR) is 104 cm³/mol. The average Bonchev–Trinajstić information content (AvgIpc) is 3.39. The van der Waals surface area contributed by atoms with Crippen molar-refractivity contribution in [2.24, 2.45) is 0 Å². The molecule has 0 radical (unpaired) electrons. The molecule has 0 amide bonds. The highest BCUT2D eigenvalue weighted by molar-refractivity contribution is 7.19. The number of thiophene rings is 1. The fraction of sp³-hybridized carbons (Fsp3) is 0.158. The molecule has 25 heavy (non-hydrogen) atoms. The molecule has 1 aliphatic heterocycles. The van der Waals surface area contributed by atoms with Gasteiger partial charge in [-0.1, -0.05) is 24.8 Å². The van der Waals surface area contributed by atoms with Gasteiger partial charge in [0, 0.05) is 39.8 Å². The van der Waals surface area contributed by atoms with Gasteiger partial charge in [0.15, 0.2) is 0 Å². The molecule has 1 aromatic carbocycles. The second-order valence-corrected chi connectivity index (χ2v) is 8.09. The summed E-state index contributed by atoms with van der Waals surface area (Å²) in [7, 11) is 0. The summed E-state index contributed by atoms with van der Waals surface area (Å²) in [5.41, 5.74) is 3.31. The van der Waals surface area contributed by atoms with Crippen molar-refractivity contribution in [2.75, 3.05) is 6.54 Å². The molecule has 1 unspecified atom stereocenters. The molecule has 0 bridgehead atoms. The lowest BCUT2D eigenvalue weighted by atomic mass is 10.00. The van der Waals surface area contributed by atoms with Gasteiger partial charge in [-0.3, -0.25) is 0 Å². The first-order chi connectivity index (χ1) is 12.3. The Morgan fingerprint density at radius 1 is 1.28 bits per heavy atom. The van der Waals surface area contributed by atoms with Gasteiger partial charge in [0.2, 0.25) is 0 Å². The van der Waals surface area contributed by atoms with Crippen LogP contribution >= 0.6 is 22.7 Å². The van der Waals surface area contributed by atoms with Crippen LogP contribution in [0.15, 0.2) is 54.8 Å². The summed E-state index contributed by atoms with van der Waals surface area (Å²) in [6.45, 7) is 5.26. The molecule has 124 valence electrons. The number of hydrogen-bond acceptors (Lipinski definition) is 5. The molecule has 3 aromatic heterocycles. The zero-order valence-corrected chi connectivity index (χ0v) is 15.1. The van der Waals surface area contributed by atoms with E-state index in [1.165, 1.54) is 20.7 Å². The largest absolute Gasteiger partial charge is 0.356 e. The normalized spacial score (nSPS) is 17.0. The first-order valence-electron chi connectivity index (χ1n) is 8.17. The second kappa shape index (κ2) is 5.82. The van der Waals surface area contributed by atoms with Crippen molar-refractivity contribution in [2.45, 2.75) is 12.5 Å². The number of aromatic nitrogens is 3. The first kappa shape index (κ1) is 14.9. The molecule has 1 atom stereocenters. The third-order valence-electron chi connectivity index (χ3n) is 4.66. The van der Waals surface area contributed by atoms with E-state index in [0.717, 1.165) is 29.4 Å². The van der Waals surface area contributed by atoms with Crippen LogP contribution in [0.1, 0.15) is 27.3 Å². The Hall–Kier alpha value is -2.44. The van der Waals surface area contributed by atoms with E-state index in [0.29, 0.717) is 0 Å². The van der Waals surface area contributed by atoms with Crippen molar-refractivity contribution in [3.63, 3.8) is 0 Å². The molecular weight excluding hydrogens is 348 g/mol. The smallest absolute Gasteiger partial charge is 0.138 e. The maximum atomic E-state index is 4.65. The average molecular weight is 364 g/mol. The lowest BCUT2D eigenvalue weighted by Gasteiger charge is -2.36. The molecule has 4 aromatic rings. The third kappa shape index (κ3) is 2.41. The number of fused-ring (bicyclic) bond motifs is 2. The van der Waals surface area contributed by atoms with Gasteiger partial charge >= 0.3 is 0 Å². The monoisotopic (exact) mass is 364 g/mol. The fourth-order valence-corrected chi connectivity index (χ4v) is 5.29. The molecule has 6 heteroatoms. The lowest BCUT2D eigenvalue weighted by Crippen LogP contribution is -2.34. The number of thiazole rings is 1. The zero-order valence-electron chi connectivity index (χ0n) is 13.5. The van der Waals surface area contributed by atoms with E-state index in [1.54, 1.807) is 17.7 Å². The molecule has 0 saturated heterocycles. The Labute approximate surface area is 153 Å². The molecule has 0 aliphatic carbocycles. The van der Waals surface area contributed by atoms with Crippen molar-refractivity contribution in [3.05, 3.63) is 76.1 Å². The first-order valence-corrected chi connectivity index (χ1v) is 9.87. The molecule has 5 rings (SSSR count). The summed E-state index contributed by atoms with van der Waals surface area (Å²) in [4.78, 5) is 16.1. The molecule has 1 N–H and O–H groups in total. The minimum Gasteiger partial charge on any atom is -0.356 e. The highest BCUT2D eigenvalue weighted by atomic mass is 32.1. The highest BCUT2D eigenvalue weighted by Gasteiger charge is 2.33. The Kier molecular flexibility index (Phi) is 3.46. The highest BCUT2D eigenvalue weighted by Crippen LogP contribution is 2.42. The quantitative estimate of drug-likeness (QED) is 0.573. The molecule has 0 fully saturated rings. The maximum absolute atomic E-state index is 4.65. The minimum absolute atomic E-state index is 0.0869. The van der Waals surface area contributed by atoms with E-state index in [2.05, 4.69) is 56.8 Å². The molecular formula is C19H16N4S2. The number of nitrogens with one attached hydrogen (secondary N) is 1. The van der Waals surface area contributed by atoms with Crippen molar-refractivity contribution in [3.8, 4) is 0 Å². The number of benzene rings is 1. The fourth-order valence-electron chi connectivity index (χ4n) is 3.48. The van der Waals surface area contributed by atoms with Crippen LogP contribution in [0.2, 0.25) is 0 Å². The van der Waals surface area contributed by atoms with Crippen molar-refractivity contribution in [1.82, 2.24) is 19.9 Å². The lowest BCUT2D eigenvalue weighted by molar-refractivity contribution is 0.317. The Balaban J connectivity index is 1.64. The number of hydrogen-bond donors (Lipinski definition) is 1. The van der Waals surface area contributed by atoms with Gasteiger partial charge in [0.25, 0.3) is 0 Å². The van der Waals surface area contributed by atoms with Gasteiger partial charge < -0.3 is 9.88 Å². The van der Waals surface area contributed by atoms with E-state index >= 15 is 0 Å². The van der Waals surface area contributed by atoms with Crippen LogP contribution in [-0.4, -0.2) is 26.4 Å². The van der Waals surface area contributed by atoms with Crippen LogP contribution in [0.3, 0.4) is 0 Å². The third-order valence-corrected chi connectivity index (χ3v) is 6.66. The van der Waals surface area contributed by atoms with Gasteiger partial charge in [-0.2, -0.15) is 0 Å². The standard InChI is InChI=1S/C19H16N4S2/c1-12(19-20-7-9-24-19)23-8-6-14-17(22-11-21-14)18(23)16-10-13-4-2-3-5-15(13)25-16/h2-5,7,9-11,18H,1,6,8H2,(H,21,22). The summed E-state index contributed by atoms with van der Waals surface area (Å²) in [5.74, 6) is 0. The summed E-state index contributed by atoms with van der Waals surface area (Å²) in [5, 5.41) is 4.26. The van der Waals surface area contributed by atoms with Crippen molar-refractivity contribution in [1.29, 1.82) is 0 Å². The summed E-state index contributed by atoms with van der Waals surface area (Å²) in [6.07, 6.45) is 4.59.